The fraction of sp³-hybridized carbons (Fsp3) is 0.343. The Morgan fingerprint density at radius 3 is 2.45 bits per heavy atom. The van der Waals surface area contributed by atoms with Crippen LogP contribution in [0.5, 0.6) is 11.5 Å². The average molecular weight is 611 g/mol. The van der Waals surface area contributed by atoms with Crippen molar-refractivity contribution < 1.29 is 23.6 Å². The van der Waals surface area contributed by atoms with Gasteiger partial charge in [0.1, 0.15) is 24.1 Å². The van der Waals surface area contributed by atoms with Crippen LogP contribution in [-0.2, 0) is 11.0 Å². The fourth-order valence-corrected chi connectivity index (χ4v) is 6.86. The Labute approximate surface area is 259 Å². The lowest BCUT2D eigenvalue weighted by Crippen LogP contribution is -2.49. The van der Waals surface area contributed by atoms with Crippen LogP contribution in [0.3, 0.4) is 0 Å². The van der Waals surface area contributed by atoms with Gasteiger partial charge in [-0.05, 0) is 78.9 Å². The van der Waals surface area contributed by atoms with Crippen molar-refractivity contribution in [2.75, 3.05) is 4.90 Å². The number of rotatable bonds is 7. The first-order valence-corrected chi connectivity index (χ1v) is 17.7. The third-order valence-corrected chi connectivity index (χ3v) is 13.3. The quantitative estimate of drug-likeness (QED) is 0.115. The molecule has 3 aromatic rings. The molecule has 2 aliphatic rings. The number of amides is 1. The molecule has 0 spiro atoms. The summed E-state index contributed by atoms with van der Waals surface area (Å²) in [4.78, 5) is 26.5. The highest BCUT2D eigenvalue weighted by Gasteiger charge is 2.45. The van der Waals surface area contributed by atoms with E-state index in [1.807, 2.05) is 18.2 Å². The van der Waals surface area contributed by atoms with E-state index in [9.17, 15) is 14.9 Å². The zero-order valence-electron chi connectivity index (χ0n) is 25.8. The van der Waals surface area contributed by atoms with E-state index in [4.69, 9.17) is 20.3 Å². The highest BCUT2D eigenvalue weighted by molar-refractivity contribution is 6.74. The Hall–Kier alpha value is -4.39. The monoisotopic (exact) mass is 610 g/mol. The van der Waals surface area contributed by atoms with Crippen LogP contribution in [0, 0.1) is 22.5 Å². The number of benzene rings is 3. The number of terminal acetylenes is 1. The number of ether oxygens (including phenoxy) is 2. The predicted molar refractivity (Wildman–Crippen MR) is 174 cm³/mol. The summed E-state index contributed by atoms with van der Waals surface area (Å²) >= 11 is 0. The smallest absolute Gasteiger partial charge is 0.421 e. The van der Waals surface area contributed by atoms with Crippen molar-refractivity contribution >= 4 is 31.4 Å². The second-order valence-corrected chi connectivity index (χ2v) is 17.4. The first-order valence-electron chi connectivity index (χ1n) is 14.8. The van der Waals surface area contributed by atoms with Crippen molar-refractivity contribution in [3.05, 3.63) is 99.6 Å². The fourth-order valence-electron chi connectivity index (χ4n) is 5.56. The van der Waals surface area contributed by atoms with Crippen LogP contribution in [0.2, 0.25) is 18.1 Å². The molecule has 0 saturated heterocycles. The summed E-state index contributed by atoms with van der Waals surface area (Å²) in [5.74, 6) is 3.72. The van der Waals surface area contributed by atoms with E-state index in [1.54, 1.807) is 48.5 Å². The lowest BCUT2D eigenvalue weighted by molar-refractivity contribution is -0.385. The van der Waals surface area contributed by atoms with E-state index in [1.165, 1.54) is 11.0 Å². The van der Waals surface area contributed by atoms with Crippen LogP contribution < -0.4 is 14.4 Å². The zero-order chi connectivity index (χ0) is 31.6. The molecule has 2 unspecified atom stereocenters. The maximum Gasteiger partial charge on any atom is 0.421 e. The van der Waals surface area contributed by atoms with Crippen LogP contribution in [0.1, 0.15) is 51.2 Å². The summed E-state index contributed by atoms with van der Waals surface area (Å²) < 4.78 is 18.9. The van der Waals surface area contributed by atoms with E-state index < -0.39 is 25.4 Å². The first kappa shape index (κ1) is 31.0. The normalized spacial score (nSPS) is 18.1. The second-order valence-electron chi connectivity index (χ2n) is 12.7. The summed E-state index contributed by atoms with van der Waals surface area (Å²) in [5.41, 5.74) is 3.85. The summed E-state index contributed by atoms with van der Waals surface area (Å²) in [6.45, 7) is 11.1. The van der Waals surface area contributed by atoms with Gasteiger partial charge in [0.05, 0.1) is 22.3 Å². The minimum Gasteiger partial charge on any atom is -0.489 e. The average Bonchev–Trinajstić information content (AvgIpc) is 2.99. The van der Waals surface area contributed by atoms with Gasteiger partial charge in [-0.25, -0.2) is 4.79 Å². The molecule has 1 aliphatic carbocycles. The lowest BCUT2D eigenvalue weighted by atomic mass is 9.78. The van der Waals surface area contributed by atoms with Gasteiger partial charge in [0.2, 0.25) is 0 Å². The molecule has 0 saturated carbocycles. The van der Waals surface area contributed by atoms with E-state index in [0.29, 0.717) is 22.7 Å². The molecule has 0 bridgehead atoms. The minimum absolute atomic E-state index is 0.0114. The Bertz CT molecular complexity index is 1640. The standard InChI is InChI=1S/C35H38N2O6Si/c1-7-29-27-17-13-19-32(43-44(5,6)35(2,3)4)33(27)28-21-20-26(41-23-24-14-11-12-18-30(24)37(39)40)22-31(28)36(29)34(38)42-25-15-9-8-10-16-25/h1,8-12,14-16,18,20-22,29,32H,13,17,19,23H2,2-6H3. The van der Waals surface area contributed by atoms with Crippen LogP contribution in [0.25, 0.3) is 5.57 Å². The molecule has 8 nitrogen and oxygen atoms in total. The summed E-state index contributed by atoms with van der Waals surface area (Å²) in [6, 6.07) is 20.2. The van der Waals surface area contributed by atoms with Crippen LogP contribution in [0.15, 0.2) is 78.4 Å². The van der Waals surface area contributed by atoms with E-state index in [0.717, 1.165) is 36.0 Å². The van der Waals surface area contributed by atoms with Gasteiger partial charge in [0.25, 0.3) is 5.69 Å². The van der Waals surface area contributed by atoms with E-state index in [-0.39, 0.29) is 23.4 Å². The van der Waals surface area contributed by atoms with Crippen LogP contribution >= 0.6 is 0 Å². The molecular formula is C35H38N2O6Si. The molecule has 0 radical (unpaired) electrons. The van der Waals surface area contributed by atoms with E-state index in [2.05, 4.69) is 39.8 Å². The molecule has 0 aromatic heterocycles. The number of carbonyl (C=O) groups excluding carboxylic acids is 1. The Morgan fingerprint density at radius 2 is 1.77 bits per heavy atom. The molecule has 1 amide bonds. The maximum atomic E-state index is 13.9. The number of fused-ring (bicyclic) bond motifs is 2. The van der Waals surface area contributed by atoms with Crippen LogP contribution in [0.4, 0.5) is 16.2 Å². The van der Waals surface area contributed by atoms with Crippen molar-refractivity contribution in [2.24, 2.45) is 0 Å². The number of nitrogens with zero attached hydrogens (tertiary/aromatic N) is 2. The van der Waals surface area contributed by atoms with Crippen molar-refractivity contribution in [3.63, 3.8) is 0 Å². The lowest BCUT2D eigenvalue weighted by Gasteiger charge is -2.45. The number of hydrogen-bond acceptors (Lipinski definition) is 6. The van der Waals surface area contributed by atoms with Crippen molar-refractivity contribution in [1.82, 2.24) is 0 Å². The Kier molecular flexibility index (Phi) is 8.68. The molecule has 1 aliphatic heterocycles. The number of para-hydroxylation sites is 2. The number of nitro benzene ring substituents is 1. The summed E-state index contributed by atoms with van der Waals surface area (Å²) in [5, 5.41) is 11.6. The van der Waals surface area contributed by atoms with Crippen molar-refractivity contribution in [3.8, 4) is 23.8 Å². The van der Waals surface area contributed by atoms with Crippen molar-refractivity contribution in [2.45, 2.75) is 76.9 Å². The van der Waals surface area contributed by atoms with E-state index >= 15 is 0 Å². The number of hydrogen-bond donors (Lipinski definition) is 0. The molecule has 0 fully saturated rings. The van der Waals surface area contributed by atoms with Gasteiger partial charge < -0.3 is 13.9 Å². The molecule has 9 heteroatoms. The van der Waals surface area contributed by atoms with Gasteiger partial charge >= 0.3 is 6.09 Å². The Balaban J connectivity index is 1.58. The third-order valence-electron chi connectivity index (χ3n) is 8.82. The highest BCUT2D eigenvalue weighted by Crippen LogP contribution is 2.49. The molecule has 2 atom stereocenters. The SMILES string of the molecule is C#CC1C2=C(c3ccc(OCc4ccccc4[N+](=O)[O-])cc3N1C(=O)Oc1ccccc1)C(O[Si](C)(C)C(C)(C)C)CCC2. The molecule has 3 aromatic carbocycles. The van der Waals surface area contributed by atoms with Gasteiger partial charge in [0.15, 0.2) is 8.32 Å². The Morgan fingerprint density at radius 1 is 1.07 bits per heavy atom. The molecule has 0 N–H and O–H groups in total. The zero-order valence-corrected chi connectivity index (χ0v) is 26.8. The molecule has 5 rings (SSSR count). The highest BCUT2D eigenvalue weighted by atomic mass is 28.4. The molecule has 44 heavy (non-hydrogen) atoms. The summed E-state index contributed by atoms with van der Waals surface area (Å²) in [6.07, 6.45) is 7.91. The second kappa shape index (κ2) is 12.3. The third kappa shape index (κ3) is 6.14. The van der Waals surface area contributed by atoms with Crippen molar-refractivity contribution in [1.29, 1.82) is 0 Å². The van der Waals surface area contributed by atoms with Crippen LogP contribution in [-0.4, -0.2) is 31.5 Å². The number of anilines is 1. The topological polar surface area (TPSA) is 91.1 Å². The largest absolute Gasteiger partial charge is 0.489 e. The molecule has 228 valence electrons. The minimum atomic E-state index is -2.16. The van der Waals surface area contributed by atoms with Gasteiger partial charge in [-0.1, -0.05) is 57.0 Å². The molecular weight excluding hydrogens is 572 g/mol. The first-order chi connectivity index (χ1) is 20.9. The number of nitro groups is 1. The number of carbonyl (C=O) groups is 1. The van der Waals surface area contributed by atoms with Gasteiger partial charge in [-0.15, -0.1) is 6.42 Å². The predicted octanol–water partition coefficient (Wildman–Crippen LogP) is 8.52. The van der Waals surface area contributed by atoms with Gasteiger partial charge in [-0.2, -0.15) is 0 Å². The maximum absolute atomic E-state index is 13.9. The molecule has 1 heterocycles. The summed E-state index contributed by atoms with van der Waals surface area (Å²) in [7, 11) is -2.16. The van der Waals surface area contributed by atoms with Gasteiger partial charge in [-0.3, -0.25) is 15.0 Å². The van der Waals surface area contributed by atoms with Gasteiger partial charge in [0, 0.05) is 17.7 Å².